The van der Waals surface area contributed by atoms with Crippen LogP contribution in [-0.4, -0.2) is 34.9 Å². The zero-order valence-corrected chi connectivity index (χ0v) is 12.0. The van der Waals surface area contributed by atoms with Crippen LogP contribution in [0.4, 0.5) is 0 Å². The summed E-state index contributed by atoms with van der Waals surface area (Å²) in [4.78, 5) is 14.4. The third-order valence-corrected chi connectivity index (χ3v) is 5.70. The number of piperidine rings is 1. The molecule has 1 amide bonds. The Morgan fingerprint density at radius 1 is 1.20 bits per heavy atom. The number of nitrogens with zero attached hydrogens (tertiary/aromatic N) is 2. The van der Waals surface area contributed by atoms with E-state index in [1.54, 1.807) is 0 Å². The van der Waals surface area contributed by atoms with Crippen molar-refractivity contribution >= 4 is 11.7 Å². The molecule has 0 aromatic heterocycles. The fourth-order valence-corrected chi connectivity index (χ4v) is 4.49. The van der Waals surface area contributed by atoms with Crippen molar-refractivity contribution in [1.82, 2.24) is 4.90 Å². The Balaban J connectivity index is 1.47. The largest absolute Gasteiger partial charge is 0.409 e. The Morgan fingerprint density at radius 3 is 2.50 bits per heavy atom. The van der Waals surface area contributed by atoms with Crippen molar-refractivity contribution in [3.63, 3.8) is 0 Å². The molecule has 2 aliphatic carbocycles. The summed E-state index contributed by atoms with van der Waals surface area (Å²) < 4.78 is 0. The van der Waals surface area contributed by atoms with E-state index >= 15 is 0 Å². The van der Waals surface area contributed by atoms with Gasteiger partial charge in [0.05, 0.1) is 0 Å². The highest BCUT2D eigenvalue weighted by Crippen LogP contribution is 2.49. The molecule has 0 aromatic carbocycles. The van der Waals surface area contributed by atoms with Gasteiger partial charge in [-0.1, -0.05) is 11.6 Å². The maximum absolute atomic E-state index is 12.4. The predicted octanol–water partition coefficient (Wildman–Crippen LogP) is 1.80. The summed E-state index contributed by atoms with van der Waals surface area (Å²) in [5.41, 5.74) is 5.64. The molecule has 2 saturated carbocycles. The van der Waals surface area contributed by atoms with E-state index in [0.717, 1.165) is 44.2 Å². The molecule has 1 aliphatic heterocycles. The van der Waals surface area contributed by atoms with Crippen LogP contribution in [0.5, 0.6) is 0 Å². The SMILES string of the molecule is NC(=NO)C1CCN(C(=O)CC2CC3CCC2C3)CC1. The Hall–Kier alpha value is -1.26. The Morgan fingerprint density at radius 2 is 1.95 bits per heavy atom. The van der Waals surface area contributed by atoms with Gasteiger partial charge in [-0.15, -0.1) is 0 Å². The minimum absolute atomic E-state index is 0.131. The molecule has 2 bridgehead atoms. The normalized spacial score (nSPS) is 34.7. The summed E-state index contributed by atoms with van der Waals surface area (Å²) >= 11 is 0. The number of carbonyl (C=O) groups is 1. The standard InChI is InChI=1S/C15H25N3O2/c16-15(17-20)11-3-5-18(6-4-11)14(19)9-13-8-10-1-2-12(13)7-10/h10-13,20H,1-9H2,(H2,16,17). The van der Waals surface area contributed by atoms with Crippen LogP contribution in [0.25, 0.3) is 0 Å². The molecule has 5 heteroatoms. The van der Waals surface area contributed by atoms with Crippen molar-refractivity contribution in [2.45, 2.75) is 44.9 Å². The van der Waals surface area contributed by atoms with E-state index in [9.17, 15) is 4.79 Å². The molecular weight excluding hydrogens is 254 g/mol. The van der Waals surface area contributed by atoms with E-state index < -0.39 is 0 Å². The molecule has 1 heterocycles. The summed E-state index contributed by atoms with van der Waals surface area (Å²) in [5.74, 6) is 3.13. The van der Waals surface area contributed by atoms with Crippen LogP contribution < -0.4 is 5.73 Å². The fourth-order valence-electron chi connectivity index (χ4n) is 4.49. The lowest BCUT2D eigenvalue weighted by Crippen LogP contribution is -2.42. The van der Waals surface area contributed by atoms with Gasteiger partial charge in [-0.2, -0.15) is 0 Å². The molecule has 3 fully saturated rings. The Bertz CT molecular complexity index is 402. The number of rotatable bonds is 3. The number of amidine groups is 1. The van der Waals surface area contributed by atoms with Crippen molar-refractivity contribution in [2.75, 3.05) is 13.1 Å². The molecule has 3 N–H and O–H groups in total. The number of fused-ring (bicyclic) bond motifs is 2. The summed E-state index contributed by atoms with van der Waals surface area (Å²) in [6.07, 6.45) is 7.75. The zero-order valence-electron chi connectivity index (χ0n) is 12.0. The van der Waals surface area contributed by atoms with E-state index in [2.05, 4.69) is 5.16 Å². The molecule has 3 aliphatic rings. The van der Waals surface area contributed by atoms with Crippen molar-refractivity contribution in [2.24, 2.45) is 34.6 Å². The number of nitrogens with two attached hydrogens (primary N) is 1. The Labute approximate surface area is 120 Å². The lowest BCUT2D eigenvalue weighted by Gasteiger charge is -2.33. The first-order valence-electron chi connectivity index (χ1n) is 7.92. The van der Waals surface area contributed by atoms with Gasteiger partial charge in [0.25, 0.3) is 0 Å². The first kappa shape index (κ1) is 13.7. The van der Waals surface area contributed by atoms with Gasteiger partial charge in [-0.05, 0) is 49.9 Å². The van der Waals surface area contributed by atoms with Crippen LogP contribution in [0.2, 0.25) is 0 Å². The summed E-state index contributed by atoms with van der Waals surface area (Å²) in [6, 6.07) is 0. The number of hydrogen-bond acceptors (Lipinski definition) is 3. The second kappa shape index (κ2) is 5.62. The molecule has 0 radical (unpaired) electrons. The highest BCUT2D eigenvalue weighted by atomic mass is 16.4. The monoisotopic (exact) mass is 279 g/mol. The van der Waals surface area contributed by atoms with Gasteiger partial charge < -0.3 is 15.8 Å². The molecule has 20 heavy (non-hydrogen) atoms. The quantitative estimate of drug-likeness (QED) is 0.358. The van der Waals surface area contributed by atoms with Gasteiger partial charge >= 0.3 is 0 Å². The average Bonchev–Trinajstić information content (AvgIpc) is 3.09. The average molecular weight is 279 g/mol. The van der Waals surface area contributed by atoms with Gasteiger partial charge in [0, 0.05) is 25.4 Å². The van der Waals surface area contributed by atoms with Crippen LogP contribution in [0.1, 0.15) is 44.9 Å². The molecule has 3 rings (SSSR count). The van der Waals surface area contributed by atoms with Crippen molar-refractivity contribution in [3.05, 3.63) is 0 Å². The summed E-state index contributed by atoms with van der Waals surface area (Å²) in [6.45, 7) is 1.50. The van der Waals surface area contributed by atoms with Crippen molar-refractivity contribution < 1.29 is 10.0 Å². The number of oxime groups is 1. The van der Waals surface area contributed by atoms with Crippen LogP contribution in [0.15, 0.2) is 5.16 Å². The van der Waals surface area contributed by atoms with E-state index in [0.29, 0.717) is 17.7 Å². The number of amides is 1. The molecule has 0 aromatic rings. The molecule has 3 unspecified atom stereocenters. The summed E-state index contributed by atoms with van der Waals surface area (Å²) in [7, 11) is 0. The second-order valence-corrected chi connectivity index (χ2v) is 6.82. The van der Waals surface area contributed by atoms with Gasteiger partial charge in [0.2, 0.25) is 5.91 Å². The molecule has 1 saturated heterocycles. The summed E-state index contributed by atoms with van der Waals surface area (Å²) in [5, 5.41) is 11.8. The number of carbonyl (C=O) groups excluding carboxylic acids is 1. The molecule has 112 valence electrons. The molecule has 3 atom stereocenters. The molecular formula is C15H25N3O2. The number of hydrogen-bond donors (Lipinski definition) is 2. The Kier molecular flexibility index (Phi) is 3.85. The van der Waals surface area contributed by atoms with E-state index in [1.165, 1.54) is 25.7 Å². The highest BCUT2D eigenvalue weighted by molar-refractivity contribution is 5.83. The fraction of sp³-hybridized carbons (Fsp3) is 0.867. The third-order valence-electron chi connectivity index (χ3n) is 5.70. The van der Waals surface area contributed by atoms with Crippen LogP contribution in [0.3, 0.4) is 0 Å². The van der Waals surface area contributed by atoms with E-state index in [-0.39, 0.29) is 5.92 Å². The van der Waals surface area contributed by atoms with Gasteiger partial charge in [-0.3, -0.25) is 4.79 Å². The first-order valence-corrected chi connectivity index (χ1v) is 7.92. The topological polar surface area (TPSA) is 78.9 Å². The second-order valence-electron chi connectivity index (χ2n) is 6.82. The van der Waals surface area contributed by atoms with Gasteiger partial charge in [0.1, 0.15) is 5.84 Å². The van der Waals surface area contributed by atoms with Crippen LogP contribution in [0, 0.1) is 23.7 Å². The minimum Gasteiger partial charge on any atom is -0.409 e. The molecule has 5 nitrogen and oxygen atoms in total. The lowest BCUT2D eigenvalue weighted by atomic mass is 9.85. The lowest BCUT2D eigenvalue weighted by molar-refractivity contribution is -0.133. The first-order chi connectivity index (χ1) is 9.67. The van der Waals surface area contributed by atoms with Crippen molar-refractivity contribution in [3.8, 4) is 0 Å². The van der Waals surface area contributed by atoms with Gasteiger partial charge in [-0.25, -0.2) is 0 Å². The van der Waals surface area contributed by atoms with Crippen LogP contribution >= 0.6 is 0 Å². The highest BCUT2D eigenvalue weighted by Gasteiger charge is 2.40. The van der Waals surface area contributed by atoms with Crippen LogP contribution in [-0.2, 0) is 4.79 Å². The number of likely N-dealkylation sites (tertiary alicyclic amines) is 1. The van der Waals surface area contributed by atoms with E-state index in [4.69, 9.17) is 10.9 Å². The molecule has 0 spiro atoms. The maximum atomic E-state index is 12.4. The maximum Gasteiger partial charge on any atom is 0.222 e. The third kappa shape index (κ3) is 2.63. The minimum atomic E-state index is 0.131. The smallest absolute Gasteiger partial charge is 0.222 e. The van der Waals surface area contributed by atoms with Crippen molar-refractivity contribution in [1.29, 1.82) is 0 Å². The van der Waals surface area contributed by atoms with E-state index in [1.807, 2.05) is 4.90 Å². The van der Waals surface area contributed by atoms with Gasteiger partial charge in [0.15, 0.2) is 0 Å². The predicted molar refractivity (Wildman–Crippen MR) is 76.3 cm³/mol. The zero-order chi connectivity index (χ0) is 14.1.